The minimum Gasteiger partial charge on any atom is -0.348 e. The Hall–Kier alpha value is -3.79. The molecule has 0 saturated heterocycles. The second kappa shape index (κ2) is 9.10. The molecule has 0 aromatic carbocycles. The lowest BCUT2D eigenvalue weighted by Crippen LogP contribution is -2.48. The number of rotatable bonds is 6. The first-order valence-corrected chi connectivity index (χ1v) is 12.4. The van der Waals surface area contributed by atoms with E-state index in [-0.39, 0.29) is 35.8 Å². The number of amides is 4. The molecule has 2 atom stereocenters. The standard InChI is InChI=1S/C25H26N6O3S/c1-4-19(32)28-15-6-5-7-16(15)29-23(33)22-21-20-18(9-11-27-24(20)35-22)31(25(34)30-21)14-8-10-26-17(12-14)13(2)3/h4,8-13,15-16H,1,5-7H2,2-3H3,(H,28,32)(H,29,33)(H,30,34)/t15?,16-/m1/s1. The van der Waals surface area contributed by atoms with Crippen LogP contribution in [0.3, 0.4) is 0 Å². The summed E-state index contributed by atoms with van der Waals surface area (Å²) in [7, 11) is 0. The van der Waals surface area contributed by atoms with Gasteiger partial charge in [0.1, 0.15) is 9.71 Å². The van der Waals surface area contributed by atoms with Crippen molar-refractivity contribution < 1.29 is 14.4 Å². The van der Waals surface area contributed by atoms with Gasteiger partial charge in [-0.3, -0.25) is 19.5 Å². The molecule has 1 fully saturated rings. The lowest BCUT2D eigenvalue weighted by atomic mass is 10.1. The van der Waals surface area contributed by atoms with Crippen molar-refractivity contribution in [2.75, 3.05) is 10.2 Å². The minimum absolute atomic E-state index is 0.157. The molecule has 5 rings (SSSR count). The van der Waals surface area contributed by atoms with Gasteiger partial charge in [-0.05, 0) is 49.5 Å². The van der Waals surface area contributed by atoms with Crippen molar-refractivity contribution >= 4 is 56.5 Å². The molecule has 10 heteroatoms. The predicted molar refractivity (Wildman–Crippen MR) is 136 cm³/mol. The molecule has 4 heterocycles. The molecule has 9 nitrogen and oxygen atoms in total. The average Bonchev–Trinajstić information content (AvgIpc) is 3.44. The van der Waals surface area contributed by atoms with Crippen LogP contribution < -0.4 is 20.9 Å². The molecule has 1 aliphatic heterocycles. The molecule has 1 saturated carbocycles. The summed E-state index contributed by atoms with van der Waals surface area (Å²) in [5.41, 5.74) is 2.71. The number of thiophene rings is 1. The number of nitrogens with zero attached hydrogens (tertiary/aromatic N) is 3. The number of hydrogen-bond acceptors (Lipinski definition) is 6. The van der Waals surface area contributed by atoms with Crippen LogP contribution in [0.25, 0.3) is 10.2 Å². The van der Waals surface area contributed by atoms with Crippen LogP contribution in [-0.4, -0.2) is 39.9 Å². The van der Waals surface area contributed by atoms with Gasteiger partial charge >= 0.3 is 6.03 Å². The Balaban J connectivity index is 1.49. The van der Waals surface area contributed by atoms with Crippen molar-refractivity contribution in [2.24, 2.45) is 0 Å². The van der Waals surface area contributed by atoms with Crippen LogP contribution in [-0.2, 0) is 4.79 Å². The van der Waals surface area contributed by atoms with Crippen molar-refractivity contribution in [1.29, 1.82) is 0 Å². The zero-order valence-corrected chi connectivity index (χ0v) is 20.3. The van der Waals surface area contributed by atoms with E-state index >= 15 is 0 Å². The second-order valence-electron chi connectivity index (χ2n) is 9.01. The summed E-state index contributed by atoms with van der Waals surface area (Å²) < 4.78 is 0. The molecular weight excluding hydrogens is 464 g/mol. The normalized spacial score (nSPS) is 19.1. The number of nitrogens with one attached hydrogen (secondary N) is 3. The van der Waals surface area contributed by atoms with Crippen molar-refractivity contribution in [1.82, 2.24) is 20.6 Å². The van der Waals surface area contributed by atoms with E-state index in [9.17, 15) is 14.4 Å². The number of pyridine rings is 2. The van der Waals surface area contributed by atoms with Crippen molar-refractivity contribution in [2.45, 2.75) is 51.1 Å². The maximum Gasteiger partial charge on any atom is 0.331 e. The molecule has 1 aliphatic carbocycles. The van der Waals surface area contributed by atoms with Crippen LogP contribution in [0.2, 0.25) is 0 Å². The highest BCUT2D eigenvalue weighted by Crippen LogP contribution is 2.45. The zero-order valence-electron chi connectivity index (χ0n) is 19.5. The molecule has 3 aromatic rings. The smallest absolute Gasteiger partial charge is 0.331 e. The van der Waals surface area contributed by atoms with Gasteiger partial charge in [0.2, 0.25) is 5.91 Å². The van der Waals surface area contributed by atoms with Gasteiger partial charge in [-0.25, -0.2) is 9.78 Å². The van der Waals surface area contributed by atoms with Gasteiger partial charge in [0, 0.05) is 30.2 Å². The summed E-state index contributed by atoms with van der Waals surface area (Å²) >= 11 is 1.24. The Labute approximate surface area is 206 Å². The quantitative estimate of drug-likeness (QED) is 0.442. The van der Waals surface area contributed by atoms with E-state index in [0.717, 1.165) is 30.3 Å². The van der Waals surface area contributed by atoms with Crippen LogP contribution in [0.15, 0.2) is 43.2 Å². The Kier molecular flexibility index (Phi) is 5.98. The molecule has 3 aromatic heterocycles. The molecule has 2 aliphatic rings. The highest BCUT2D eigenvalue weighted by molar-refractivity contribution is 7.21. The molecule has 180 valence electrons. The van der Waals surface area contributed by atoms with Gasteiger partial charge in [0.15, 0.2) is 0 Å². The van der Waals surface area contributed by atoms with E-state index in [1.54, 1.807) is 29.4 Å². The number of hydrogen-bond donors (Lipinski definition) is 3. The summed E-state index contributed by atoms with van der Waals surface area (Å²) in [4.78, 5) is 49.9. The molecule has 0 bridgehead atoms. The molecule has 0 radical (unpaired) electrons. The highest BCUT2D eigenvalue weighted by atomic mass is 32.1. The average molecular weight is 491 g/mol. The molecule has 3 N–H and O–H groups in total. The SMILES string of the molecule is C=CC(=O)NC1CCC[C@H]1NC(=O)c1sc2nccc3c2c1NC(=O)N3c1ccnc(C(C)C)c1. The number of carbonyl (C=O) groups is 3. The van der Waals surface area contributed by atoms with Crippen molar-refractivity contribution in [3.63, 3.8) is 0 Å². The van der Waals surface area contributed by atoms with Crippen LogP contribution in [0.5, 0.6) is 0 Å². The van der Waals surface area contributed by atoms with E-state index in [1.165, 1.54) is 17.4 Å². The van der Waals surface area contributed by atoms with E-state index in [0.29, 0.717) is 26.8 Å². The molecule has 0 spiro atoms. The third-order valence-electron chi connectivity index (χ3n) is 6.41. The van der Waals surface area contributed by atoms with Gasteiger partial charge in [0.05, 0.1) is 22.4 Å². The largest absolute Gasteiger partial charge is 0.348 e. The van der Waals surface area contributed by atoms with Crippen molar-refractivity contribution in [3.05, 3.63) is 53.8 Å². The molecule has 35 heavy (non-hydrogen) atoms. The van der Waals surface area contributed by atoms with Gasteiger partial charge in [-0.1, -0.05) is 20.4 Å². The highest BCUT2D eigenvalue weighted by Gasteiger charge is 2.35. The molecular formula is C25H26N6O3S. The first-order chi connectivity index (χ1) is 16.9. The number of urea groups is 1. The Morgan fingerprint density at radius 2 is 1.94 bits per heavy atom. The summed E-state index contributed by atoms with van der Waals surface area (Å²) in [6.45, 7) is 7.59. The second-order valence-corrected chi connectivity index (χ2v) is 10.0. The Morgan fingerprint density at radius 1 is 1.20 bits per heavy atom. The lowest BCUT2D eigenvalue weighted by Gasteiger charge is -2.29. The number of carbonyl (C=O) groups excluding carboxylic acids is 3. The van der Waals surface area contributed by atoms with Crippen LogP contribution in [0.4, 0.5) is 21.9 Å². The number of anilines is 3. The third-order valence-corrected chi connectivity index (χ3v) is 7.51. The van der Waals surface area contributed by atoms with E-state index in [4.69, 9.17) is 0 Å². The predicted octanol–water partition coefficient (Wildman–Crippen LogP) is 4.45. The van der Waals surface area contributed by atoms with Crippen LogP contribution in [0, 0.1) is 0 Å². The van der Waals surface area contributed by atoms with Crippen LogP contribution >= 0.6 is 11.3 Å². The fourth-order valence-corrected chi connectivity index (χ4v) is 5.70. The van der Waals surface area contributed by atoms with Gasteiger partial charge in [-0.2, -0.15) is 0 Å². The number of aromatic nitrogens is 2. The van der Waals surface area contributed by atoms with E-state index < -0.39 is 0 Å². The maximum absolute atomic E-state index is 13.3. The van der Waals surface area contributed by atoms with E-state index in [1.807, 2.05) is 19.9 Å². The first kappa shape index (κ1) is 23.0. The summed E-state index contributed by atoms with van der Waals surface area (Å²) in [5.74, 6) is -0.340. The third kappa shape index (κ3) is 4.14. The fraction of sp³-hybridized carbons (Fsp3) is 0.320. The zero-order chi connectivity index (χ0) is 24.7. The minimum atomic E-state index is -0.352. The van der Waals surface area contributed by atoms with Crippen molar-refractivity contribution in [3.8, 4) is 0 Å². The summed E-state index contributed by atoms with van der Waals surface area (Å²) in [5, 5.41) is 9.60. The Morgan fingerprint density at radius 3 is 2.69 bits per heavy atom. The lowest BCUT2D eigenvalue weighted by molar-refractivity contribution is -0.117. The maximum atomic E-state index is 13.3. The topological polar surface area (TPSA) is 116 Å². The van der Waals surface area contributed by atoms with Crippen LogP contribution in [0.1, 0.15) is 54.4 Å². The molecule has 1 unspecified atom stereocenters. The summed E-state index contributed by atoms with van der Waals surface area (Å²) in [6, 6.07) is 4.77. The summed E-state index contributed by atoms with van der Waals surface area (Å²) in [6.07, 6.45) is 7.02. The Bertz CT molecular complexity index is 1350. The van der Waals surface area contributed by atoms with Gasteiger partial charge in [-0.15, -0.1) is 11.3 Å². The first-order valence-electron chi connectivity index (χ1n) is 11.6. The monoisotopic (exact) mass is 490 g/mol. The van der Waals surface area contributed by atoms with Gasteiger partial charge < -0.3 is 16.0 Å². The fourth-order valence-electron chi connectivity index (χ4n) is 4.67. The van der Waals surface area contributed by atoms with Gasteiger partial charge in [0.25, 0.3) is 5.91 Å². The van der Waals surface area contributed by atoms with E-state index in [2.05, 4.69) is 32.5 Å². The molecule has 4 amide bonds.